The number of amides is 2. The average Bonchev–Trinajstić information content (AvgIpc) is 3.20. The van der Waals surface area contributed by atoms with Crippen LogP contribution in [0.4, 0.5) is 10.5 Å². The van der Waals surface area contributed by atoms with Gasteiger partial charge in [-0.25, -0.2) is 4.79 Å². The molecule has 1 aliphatic heterocycles. The van der Waals surface area contributed by atoms with Crippen LogP contribution in [-0.2, 0) is 16.0 Å². The molecule has 0 aliphatic carbocycles. The summed E-state index contributed by atoms with van der Waals surface area (Å²) >= 11 is 0. The Bertz CT molecular complexity index is 802. The van der Waals surface area contributed by atoms with E-state index in [0.29, 0.717) is 12.3 Å². The van der Waals surface area contributed by atoms with Crippen LogP contribution in [0, 0.1) is 0 Å². The fraction of sp³-hybridized carbons (Fsp3) is 0.364. The molecule has 1 atom stereocenters. The van der Waals surface area contributed by atoms with Crippen LogP contribution in [0.1, 0.15) is 36.9 Å². The van der Waals surface area contributed by atoms with Gasteiger partial charge in [-0.1, -0.05) is 24.3 Å². The van der Waals surface area contributed by atoms with E-state index in [-0.39, 0.29) is 24.5 Å². The van der Waals surface area contributed by atoms with Crippen molar-refractivity contribution in [2.24, 2.45) is 0 Å². The molecule has 148 valence electrons. The lowest BCUT2D eigenvalue weighted by Gasteiger charge is -2.25. The molecule has 28 heavy (non-hydrogen) atoms. The summed E-state index contributed by atoms with van der Waals surface area (Å²) in [5.41, 5.74) is 2.67. The number of carbonyl (C=O) groups is 2. The van der Waals surface area contributed by atoms with E-state index >= 15 is 0 Å². The van der Waals surface area contributed by atoms with E-state index in [9.17, 15) is 9.59 Å². The van der Waals surface area contributed by atoms with E-state index in [1.54, 1.807) is 14.0 Å². The zero-order chi connectivity index (χ0) is 19.9. The third kappa shape index (κ3) is 4.82. The van der Waals surface area contributed by atoms with Crippen molar-refractivity contribution in [1.82, 2.24) is 4.90 Å². The van der Waals surface area contributed by atoms with Crippen LogP contribution in [0.2, 0.25) is 0 Å². The van der Waals surface area contributed by atoms with Gasteiger partial charge < -0.3 is 19.7 Å². The second kappa shape index (κ2) is 9.26. The minimum Gasteiger partial charge on any atom is -0.497 e. The van der Waals surface area contributed by atoms with E-state index in [1.807, 2.05) is 53.4 Å². The topological polar surface area (TPSA) is 67.9 Å². The lowest BCUT2D eigenvalue weighted by Crippen LogP contribution is -2.34. The molecule has 2 aromatic rings. The van der Waals surface area contributed by atoms with Crippen molar-refractivity contribution in [3.05, 3.63) is 59.7 Å². The maximum absolute atomic E-state index is 12.8. The summed E-state index contributed by atoms with van der Waals surface area (Å²) in [5, 5.41) is 2.96. The predicted octanol–water partition coefficient (Wildman–Crippen LogP) is 4.17. The smallest absolute Gasteiger partial charge is 0.322 e. The van der Waals surface area contributed by atoms with Crippen molar-refractivity contribution in [1.29, 1.82) is 0 Å². The Kier molecular flexibility index (Phi) is 6.53. The van der Waals surface area contributed by atoms with Crippen LogP contribution in [0.25, 0.3) is 0 Å². The Morgan fingerprint density at radius 3 is 2.46 bits per heavy atom. The van der Waals surface area contributed by atoms with Crippen LogP contribution in [0.5, 0.6) is 5.75 Å². The maximum atomic E-state index is 12.8. The van der Waals surface area contributed by atoms with E-state index in [1.165, 1.54) is 0 Å². The molecule has 3 rings (SSSR count). The highest BCUT2D eigenvalue weighted by Gasteiger charge is 2.30. The first-order valence-corrected chi connectivity index (χ1v) is 9.57. The standard InChI is InChI=1S/C22H26N2O4/c1-3-28-21(25)15-16-6-10-18(11-7-16)23-22(26)24-14-4-5-20(24)17-8-12-19(27-2)13-9-17/h6-13,20H,3-5,14-15H2,1-2H3,(H,23,26)/t20-/m0/s1. The number of nitrogens with zero attached hydrogens (tertiary/aromatic N) is 1. The maximum Gasteiger partial charge on any atom is 0.322 e. The molecule has 1 aliphatic rings. The lowest BCUT2D eigenvalue weighted by atomic mass is 10.0. The van der Waals surface area contributed by atoms with Crippen molar-refractivity contribution in [3.63, 3.8) is 0 Å². The van der Waals surface area contributed by atoms with Gasteiger partial charge in [0, 0.05) is 12.2 Å². The zero-order valence-electron chi connectivity index (χ0n) is 16.3. The number of likely N-dealkylation sites (tertiary alicyclic amines) is 1. The summed E-state index contributed by atoms with van der Waals surface area (Å²) in [6, 6.07) is 15.1. The number of hydrogen-bond donors (Lipinski definition) is 1. The number of esters is 1. The number of anilines is 1. The van der Waals surface area contributed by atoms with Crippen LogP contribution in [0.3, 0.4) is 0 Å². The monoisotopic (exact) mass is 382 g/mol. The lowest BCUT2D eigenvalue weighted by molar-refractivity contribution is -0.142. The van der Waals surface area contributed by atoms with Gasteiger partial charge >= 0.3 is 12.0 Å². The molecule has 1 N–H and O–H groups in total. The fourth-order valence-electron chi connectivity index (χ4n) is 3.46. The minimum atomic E-state index is -0.251. The van der Waals surface area contributed by atoms with Gasteiger partial charge in [0.15, 0.2) is 0 Å². The fourth-order valence-corrected chi connectivity index (χ4v) is 3.46. The van der Waals surface area contributed by atoms with E-state index in [2.05, 4.69) is 5.32 Å². The Morgan fingerprint density at radius 1 is 1.11 bits per heavy atom. The van der Waals surface area contributed by atoms with Crippen molar-refractivity contribution in [3.8, 4) is 5.75 Å². The second-order valence-electron chi connectivity index (χ2n) is 6.73. The first-order chi connectivity index (χ1) is 13.6. The molecule has 1 fully saturated rings. The van der Waals surface area contributed by atoms with E-state index in [4.69, 9.17) is 9.47 Å². The van der Waals surface area contributed by atoms with Crippen molar-refractivity contribution in [2.45, 2.75) is 32.2 Å². The largest absolute Gasteiger partial charge is 0.497 e. The molecule has 2 amide bonds. The quantitative estimate of drug-likeness (QED) is 0.762. The molecular weight excluding hydrogens is 356 g/mol. The van der Waals surface area contributed by atoms with Crippen molar-refractivity contribution < 1.29 is 19.1 Å². The number of carbonyl (C=O) groups excluding carboxylic acids is 2. The summed E-state index contributed by atoms with van der Waals surface area (Å²) in [7, 11) is 1.64. The molecule has 6 heteroatoms. The van der Waals surface area contributed by atoms with Crippen molar-refractivity contribution in [2.75, 3.05) is 25.6 Å². The summed E-state index contributed by atoms with van der Waals surface area (Å²) in [6.07, 6.45) is 2.15. The molecule has 0 bridgehead atoms. The Balaban J connectivity index is 1.62. The molecule has 6 nitrogen and oxygen atoms in total. The van der Waals surface area contributed by atoms with Gasteiger partial charge in [0.1, 0.15) is 5.75 Å². The molecule has 0 unspecified atom stereocenters. The van der Waals surface area contributed by atoms with Gasteiger partial charge in [-0.3, -0.25) is 4.79 Å². The van der Waals surface area contributed by atoms with Crippen LogP contribution >= 0.6 is 0 Å². The molecule has 0 aromatic heterocycles. The number of benzene rings is 2. The van der Waals surface area contributed by atoms with E-state index < -0.39 is 0 Å². The number of ether oxygens (including phenoxy) is 2. The summed E-state index contributed by atoms with van der Waals surface area (Å²) in [6.45, 7) is 2.88. The SMILES string of the molecule is CCOC(=O)Cc1ccc(NC(=O)N2CCC[C@H]2c2ccc(OC)cc2)cc1. The molecule has 0 saturated carbocycles. The number of methoxy groups -OCH3 is 1. The molecule has 2 aromatic carbocycles. The van der Waals surface area contributed by atoms with E-state index in [0.717, 1.165) is 36.3 Å². The second-order valence-corrected chi connectivity index (χ2v) is 6.73. The number of nitrogens with one attached hydrogen (secondary N) is 1. The third-order valence-electron chi connectivity index (χ3n) is 4.87. The normalized spacial score (nSPS) is 15.9. The average molecular weight is 382 g/mol. The summed E-state index contributed by atoms with van der Waals surface area (Å²) in [4.78, 5) is 26.2. The minimum absolute atomic E-state index is 0.0639. The van der Waals surface area contributed by atoms with Gasteiger partial charge in [0.25, 0.3) is 0 Å². The highest BCUT2D eigenvalue weighted by Crippen LogP contribution is 2.33. The first kappa shape index (κ1) is 19.7. The number of rotatable bonds is 6. The Labute approximate surface area is 165 Å². The highest BCUT2D eigenvalue weighted by atomic mass is 16.5. The Hall–Kier alpha value is -3.02. The molecule has 1 heterocycles. The van der Waals surface area contributed by atoms with Gasteiger partial charge in [0.05, 0.1) is 26.2 Å². The third-order valence-corrected chi connectivity index (χ3v) is 4.87. The van der Waals surface area contributed by atoms with Gasteiger partial charge in [-0.2, -0.15) is 0 Å². The predicted molar refractivity (Wildman–Crippen MR) is 107 cm³/mol. The first-order valence-electron chi connectivity index (χ1n) is 9.57. The molecule has 1 saturated heterocycles. The summed E-state index contributed by atoms with van der Waals surface area (Å²) in [5.74, 6) is 0.555. The summed E-state index contributed by atoms with van der Waals surface area (Å²) < 4.78 is 10.2. The zero-order valence-corrected chi connectivity index (χ0v) is 16.3. The van der Waals surface area contributed by atoms with Crippen molar-refractivity contribution >= 4 is 17.7 Å². The van der Waals surface area contributed by atoms with Crippen LogP contribution in [-0.4, -0.2) is 37.2 Å². The highest BCUT2D eigenvalue weighted by molar-refractivity contribution is 5.90. The number of hydrogen-bond acceptors (Lipinski definition) is 4. The number of urea groups is 1. The van der Waals surface area contributed by atoms with Gasteiger partial charge in [0.2, 0.25) is 0 Å². The Morgan fingerprint density at radius 2 is 1.82 bits per heavy atom. The van der Waals surface area contributed by atoms with Crippen LogP contribution in [0.15, 0.2) is 48.5 Å². The molecule has 0 spiro atoms. The van der Waals surface area contributed by atoms with Gasteiger partial charge in [-0.05, 0) is 55.2 Å². The van der Waals surface area contributed by atoms with Gasteiger partial charge in [-0.15, -0.1) is 0 Å². The van der Waals surface area contributed by atoms with Crippen LogP contribution < -0.4 is 10.1 Å². The molecule has 0 radical (unpaired) electrons. The molecular formula is C22H26N2O4.